The van der Waals surface area contributed by atoms with Crippen LogP contribution in [-0.2, 0) is 15.9 Å². The number of hydrogen-bond donors (Lipinski definition) is 1. The van der Waals surface area contributed by atoms with Gasteiger partial charge in [0.05, 0.1) is 11.2 Å². The van der Waals surface area contributed by atoms with Crippen LogP contribution in [0.25, 0.3) is 0 Å². The van der Waals surface area contributed by atoms with Gasteiger partial charge in [0.2, 0.25) is 0 Å². The van der Waals surface area contributed by atoms with E-state index in [1.54, 1.807) is 6.20 Å². The third kappa shape index (κ3) is 2.16. The topological polar surface area (TPSA) is 57.4 Å². The minimum Gasteiger partial charge on any atom is -0.399 e. The van der Waals surface area contributed by atoms with Gasteiger partial charge in [-0.1, -0.05) is 11.6 Å². The maximum atomic E-state index is 6.15. The van der Waals surface area contributed by atoms with Gasteiger partial charge < -0.3 is 15.0 Å². The Bertz CT molecular complexity index is 449. The van der Waals surface area contributed by atoms with Crippen LogP contribution in [0.4, 0.5) is 0 Å². The predicted molar refractivity (Wildman–Crippen MR) is 72.9 cm³/mol. The monoisotopic (exact) mass is 268 g/mol. The highest BCUT2D eigenvalue weighted by molar-refractivity contribution is 6.66. The van der Waals surface area contributed by atoms with Crippen LogP contribution in [-0.4, -0.2) is 23.3 Å². The first-order valence-corrected chi connectivity index (χ1v) is 6.35. The van der Waals surface area contributed by atoms with Gasteiger partial charge in [-0.25, -0.2) is 4.98 Å². The molecule has 0 aliphatic carbocycles. The molecule has 0 radical (unpaired) electrons. The molecule has 1 aromatic rings. The summed E-state index contributed by atoms with van der Waals surface area (Å²) < 4.78 is 11.9. The third-order valence-electron chi connectivity index (χ3n) is 3.74. The van der Waals surface area contributed by atoms with E-state index >= 15 is 0 Å². The molecule has 6 heteroatoms. The Hall–Kier alpha value is -0.615. The van der Waals surface area contributed by atoms with Crippen molar-refractivity contribution in [1.29, 1.82) is 0 Å². The number of rotatable bonds is 2. The molecule has 0 atom stereocenters. The highest BCUT2D eigenvalue weighted by Crippen LogP contribution is 2.37. The van der Waals surface area contributed by atoms with E-state index in [-0.39, 0.29) is 0 Å². The Morgan fingerprint density at radius 3 is 2.33 bits per heavy atom. The Labute approximate surface area is 113 Å². The molecule has 4 nitrogen and oxygen atoms in total. The Kier molecular flexibility index (Phi) is 3.45. The second-order valence-corrected chi connectivity index (χ2v) is 5.82. The molecule has 0 unspecified atom stereocenters. The first kappa shape index (κ1) is 13.8. The van der Waals surface area contributed by atoms with Crippen LogP contribution < -0.4 is 11.2 Å². The lowest BCUT2D eigenvalue weighted by molar-refractivity contribution is 0.00578. The second kappa shape index (κ2) is 4.49. The predicted octanol–water partition coefficient (Wildman–Crippen LogP) is 1.49. The summed E-state index contributed by atoms with van der Waals surface area (Å²) in [6.45, 7) is 8.37. The molecule has 0 saturated carbocycles. The van der Waals surface area contributed by atoms with Crippen molar-refractivity contribution in [2.24, 2.45) is 5.73 Å². The summed E-state index contributed by atoms with van der Waals surface area (Å²) in [4.78, 5) is 4.08. The van der Waals surface area contributed by atoms with Crippen LogP contribution in [0.2, 0.25) is 5.15 Å². The average molecular weight is 269 g/mol. The molecule has 2 N–H and O–H groups in total. The van der Waals surface area contributed by atoms with Gasteiger partial charge in [0.25, 0.3) is 0 Å². The quantitative estimate of drug-likeness (QED) is 0.652. The molecular formula is C12H18BClN2O2. The SMILES string of the molecule is CC1(C)OB(c2c(CN)ccnc2Cl)OC1(C)C. The Morgan fingerprint density at radius 2 is 1.83 bits per heavy atom. The molecule has 0 spiro atoms. The van der Waals surface area contributed by atoms with Crippen molar-refractivity contribution in [3.8, 4) is 0 Å². The fourth-order valence-corrected chi connectivity index (χ4v) is 2.14. The highest BCUT2D eigenvalue weighted by Gasteiger charge is 2.52. The maximum absolute atomic E-state index is 6.15. The van der Waals surface area contributed by atoms with Crippen LogP contribution in [0.15, 0.2) is 12.3 Å². The van der Waals surface area contributed by atoms with E-state index in [0.29, 0.717) is 11.7 Å². The van der Waals surface area contributed by atoms with E-state index < -0.39 is 18.3 Å². The molecule has 0 bridgehead atoms. The second-order valence-electron chi connectivity index (χ2n) is 5.47. The van der Waals surface area contributed by atoms with Gasteiger partial charge in [-0.3, -0.25) is 0 Å². The smallest absolute Gasteiger partial charge is 0.399 e. The van der Waals surface area contributed by atoms with E-state index in [9.17, 15) is 0 Å². The number of nitrogens with two attached hydrogens (primary N) is 1. The van der Waals surface area contributed by atoms with E-state index in [0.717, 1.165) is 11.0 Å². The fourth-order valence-electron chi connectivity index (χ4n) is 1.87. The molecule has 98 valence electrons. The van der Waals surface area contributed by atoms with Crippen LogP contribution in [0.3, 0.4) is 0 Å². The van der Waals surface area contributed by atoms with E-state index in [1.807, 2.05) is 33.8 Å². The Morgan fingerprint density at radius 1 is 1.28 bits per heavy atom. The third-order valence-corrected chi connectivity index (χ3v) is 4.04. The molecule has 1 aromatic heterocycles. The molecule has 2 heterocycles. The minimum absolute atomic E-state index is 0.377. The number of nitrogens with zero attached hydrogens (tertiary/aromatic N) is 1. The largest absolute Gasteiger partial charge is 0.498 e. The molecular weight excluding hydrogens is 250 g/mol. The van der Waals surface area contributed by atoms with Crippen molar-refractivity contribution in [3.05, 3.63) is 23.0 Å². The average Bonchev–Trinajstić information content (AvgIpc) is 2.47. The number of aromatic nitrogens is 1. The molecule has 1 aliphatic rings. The van der Waals surface area contributed by atoms with Gasteiger partial charge in [0, 0.05) is 18.2 Å². The highest BCUT2D eigenvalue weighted by atomic mass is 35.5. The summed E-state index contributed by atoms with van der Waals surface area (Å²) in [7, 11) is -0.519. The maximum Gasteiger partial charge on any atom is 0.498 e. The standard InChI is InChI=1S/C12H18BClN2O2/c1-11(2)12(3,4)18-13(17-11)9-8(7-15)5-6-16-10(9)14/h5-6H,7,15H2,1-4H3. The lowest BCUT2D eigenvalue weighted by atomic mass is 9.77. The van der Waals surface area contributed by atoms with Crippen LogP contribution in [0.1, 0.15) is 33.3 Å². The molecule has 1 saturated heterocycles. The van der Waals surface area contributed by atoms with Crippen LogP contribution >= 0.6 is 11.6 Å². The number of halogens is 1. The summed E-state index contributed by atoms with van der Waals surface area (Å²) in [5.41, 5.74) is 6.56. The van der Waals surface area contributed by atoms with E-state index in [2.05, 4.69) is 4.98 Å². The summed E-state index contributed by atoms with van der Waals surface area (Å²) >= 11 is 6.15. The van der Waals surface area contributed by atoms with Crippen LogP contribution in [0.5, 0.6) is 0 Å². The lowest BCUT2D eigenvalue weighted by Crippen LogP contribution is -2.41. The zero-order chi connectivity index (χ0) is 13.6. The summed E-state index contributed by atoms with van der Waals surface area (Å²) in [6.07, 6.45) is 1.64. The van der Waals surface area contributed by atoms with Crippen molar-refractivity contribution in [1.82, 2.24) is 4.98 Å². The van der Waals surface area contributed by atoms with Crippen molar-refractivity contribution in [2.45, 2.75) is 45.4 Å². The van der Waals surface area contributed by atoms with Gasteiger partial charge in [-0.05, 0) is 39.3 Å². The molecule has 18 heavy (non-hydrogen) atoms. The van der Waals surface area contributed by atoms with Crippen molar-refractivity contribution in [3.63, 3.8) is 0 Å². The number of pyridine rings is 1. The van der Waals surface area contributed by atoms with Gasteiger partial charge in [0.15, 0.2) is 0 Å². The Balaban J connectivity index is 2.41. The molecule has 0 aromatic carbocycles. The normalized spacial score (nSPS) is 21.3. The van der Waals surface area contributed by atoms with Gasteiger partial charge in [0.1, 0.15) is 5.15 Å². The van der Waals surface area contributed by atoms with Gasteiger partial charge in [-0.15, -0.1) is 0 Å². The minimum atomic E-state index is -0.519. The summed E-state index contributed by atoms with van der Waals surface area (Å²) in [6, 6.07) is 1.84. The lowest BCUT2D eigenvalue weighted by Gasteiger charge is -2.32. The van der Waals surface area contributed by atoms with Gasteiger partial charge in [-0.2, -0.15) is 0 Å². The molecule has 0 amide bonds. The molecule has 1 fully saturated rings. The molecule has 1 aliphatic heterocycles. The first-order chi connectivity index (χ1) is 8.28. The van der Waals surface area contributed by atoms with Crippen LogP contribution in [0, 0.1) is 0 Å². The van der Waals surface area contributed by atoms with E-state index in [1.165, 1.54) is 0 Å². The molecule has 2 rings (SSSR count). The van der Waals surface area contributed by atoms with E-state index in [4.69, 9.17) is 26.6 Å². The first-order valence-electron chi connectivity index (χ1n) is 5.97. The van der Waals surface area contributed by atoms with Gasteiger partial charge >= 0.3 is 7.12 Å². The fraction of sp³-hybridized carbons (Fsp3) is 0.583. The summed E-state index contributed by atoms with van der Waals surface area (Å²) in [5, 5.41) is 0.386. The number of hydrogen-bond acceptors (Lipinski definition) is 4. The van der Waals surface area contributed by atoms with Crippen molar-refractivity contribution < 1.29 is 9.31 Å². The summed E-state index contributed by atoms with van der Waals surface area (Å²) in [5.74, 6) is 0. The van der Waals surface area contributed by atoms with Crippen molar-refractivity contribution >= 4 is 24.2 Å². The van der Waals surface area contributed by atoms with Crippen molar-refractivity contribution in [2.75, 3.05) is 0 Å². The zero-order valence-electron chi connectivity index (χ0n) is 11.2. The zero-order valence-corrected chi connectivity index (χ0v) is 11.9.